The number of hydrogen-bond donors (Lipinski definition) is 3. The largest absolute Gasteiger partial charge is 0.395 e. The summed E-state index contributed by atoms with van der Waals surface area (Å²) in [6.45, 7) is 2.89. The van der Waals surface area contributed by atoms with Crippen molar-refractivity contribution in [2.24, 2.45) is 5.41 Å². The lowest BCUT2D eigenvalue weighted by atomic mass is 9.92. The van der Waals surface area contributed by atoms with Crippen LogP contribution >= 0.6 is 0 Å². The van der Waals surface area contributed by atoms with Crippen molar-refractivity contribution in [3.8, 4) is 0 Å². The van der Waals surface area contributed by atoms with E-state index in [2.05, 4.69) is 20.0 Å². The van der Waals surface area contributed by atoms with E-state index in [1.54, 1.807) is 22.9 Å². The number of nitrogens with one attached hydrogen (secondary N) is 2. The molecule has 2 saturated carbocycles. The third-order valence-corrected chi connectivity index (χ3v) is 9.46. The smallest absolute Gasteiger partial charge is 0.258 e. The molecule has 208 valence electrons. The van der Waals surface area contributed by atoms with Gasteiger partial charge in [0.05, 0.1) is 35.3 Å². The van der Waals surface area contributed by atoms with Gasteiger partial charge in [-0.2, -0.15) is 5.10 Å². The normalized spacial score (nSPS) is 20.9. The number of piperidine rings is 1. The molecule has 2 aromatic rings. The van der Waals surface area contributed by atoms with E-state index >= 15 is 0 Å². The zero-order valence-electron chi connectivity index (χ0n) is 21.5. The number of carbonyl (C=O) groups excluding carboxylic acids is 1. The van der Waals surface area contributed by atoms with Gasteiger partial charge in [-0.05, 0) is 69.1 Å². The SMILES string of the molecule is Cc1cc(NC(=O)c2ccc(NS(=O)(=O)CCO)cc2N2CCC3(CC2)CC3)nn1C1CCC(F)(F)CC1. The molecule has 1 saturated heterocycles. The molecule has 38 heavy (non-hydrogen) atoms. The van der Waals surface area contributed by atoms with Crippen LogP contribution in [0.4, 0.5) is 26.0 Å². The fourth-order valence-corrected chi connectivity index (χ4v) is 6.50. The van der Waals surface area contributed by atoms with Gasteiger partial charge in [-0.15, -0.1) is 0 Å². The first-order valence-corrected chi connectivity index (χ1v) is 14.9. The third kappa shape index (κ3) is 5.96. The fraction of sp³-hybridized carbons (Fsp3) is 0.615. The Hall–Kier alpha value is -2.73. The summed E-state index contributed by atoms with van der Waals surface area (Å²) in [4.78, 5) is 15.6. The molecule has 1 amide bonds. The van der Waals surface area contributed by atoms with E-state index in [0.717, 1.165) is 31.6 Å². The van der Waals surface area contributed by atoms with Crippen LogP contribution in [0.5, 0.6) is 0 Å². The van der Waals surface area contributed by atoms with E-state index < -0.39 is 28.3 Å². The van der Waals surface area contributed by atoms with E-state index in [9.17, 15) is 22.0 Å². The molecule has 1 aromatic heterocycles. The molecule has 1 spiro atoms. The first-order valence-electron chi connectivity index (χ1n) is 13.2. The van der Waals surface area contributed by atoms with Gasteiger partial charge in [0.25, 0.3) is 5.91 Å². The molecule has 3 aliphatic rings. The van der Waals surface area contributed by atoms with Gasteiger partial charge in [-0.1, -0.05) is 0 Å². The van der Waals surface area contributed by atoms with Gasteiger partial charge in [0.2, 0.25) is 15.9 Å². The molecule has 5 rings (SSSR count). The number of nitrogens with zero attached hydrogens (tertiary/aromatic N) is 3. The maximum absolute atomic E-state index is 13.6. The van der Waals surface area contributed by atoms with Crippen molar-refractivity contribution < 1.29 is 27.1 Å². The van der Waals surface area contributed by atoms with Crippen LogP contribution in [0.15, 0.2) is 24.3 Å². The molecule has 3 N–H and O–H groups in total. The number of sulfonamides is 1. The van der Waals surface area contributed by atoms with Gasteiger partial charge in [-0.3, -0.25) is 14.2 Å². The minimum Gasteiger partial charge on any atom is -0.395 e. The zero-order chi connectivity index (χ0) is 27.1. The standard InChI is InChI=1S/C26H35F2N5O4S/c1-18-16-23(30-33(18)20-4-6-26(27,28)7-5-20)29-24(35)21-3-2-19(31-38(36,37)15-14-34)17-22(21)32-12-10-25(8-9-25)11-13-32/h2-3,16-17,20,31,34H,4-15H2,1H3,(H,29,30,35). The topological polar surface area (TPSA) is 117 Å². The Labute approximate surface area is 221 Å². The van der Waals surface area contributed by atoms with Crippen molar-refractivity contribution >= 4 is 33.1 Å². The van der Waals surface area contributed by atoms with Crippen molar-refractivity contribution in [1.29, 1.82) is 0 Å². The van der Waals surface area contributed by atoms with Gasteiger partial charge in [-0.25, -0.2) is 17.2 Å². The number of halogens is 2. The highest BCUT2D eigenvalue weighted by atomic mass is 32.2. The number of aliphatic hydroxyl groups excluding tert-OH is 1. The summed E-state index contributed by atoms with van der Waals surface area (Å²) in [5.74, 6) is -3.08. The summed E-state index contributed by atoms with van der Waals surface area (Å²) in [6, 6.07) is 6.40. The lowest BCUT2D eigenvalue weighted by Gasteiger charge is -2.35. The first-order chi connectivity index (χ1) is 18.0. The van der Waals surface area contributed by atoms with Crippen LogP contribution in [-0.4, -0.2) is 60.6 Å². The molecule has 0 radical (unpaired) electrons. The zero-order valence-corrected chi connectivity index (χ0v) is 22.4. The van der Waals surface area contributed by atoms with E-state index in [1.807, 2.05) is 6.92 Å². The number of alkyl halides is 2. The lowest BCUT2D eigenvalue weighted by Crippen LogP contribution is -2.35. The Morgan fingerprint density at radius 2 is 1.79 bits per heavy atom. The van der Waals surface area contributed by atoms with Crippen molar-refractivity contribution in [2.75, 3.05) is 40.4 Å². The summed E-state index contributed by atoms with van der Waals surface area (Å²) in [5, 5.41) is 16.4. The number of aliphatic hydroxyl groups is 1. The van der Waals surface area contributed by atoms with E-state index in [4.69, 9.17) is 5.11 Å². The molecular formula is C26H35F2N5O4S. The van der Waals surface area contributed by atoms with Gasteiger partial charge in [0.15, 0.2) is 5.82 Å². The predicted octanol–water partition coefficient (Wildman–Crippen LogP) is 4.31. The summed E-state index contributed by atoms with van der Waals surface area (Å²) < 4.78 is 55.9. The van der Waals surface area contributed by atoms with Crippen molar-refractivity contribution in [1.82, 2.24) is 9.78 Å². The molecule has 1 aromatic carbocycles. The lowest BCUT2D eigenvalue weighted by molar-refractivity contribution is -0.0451. The van der Waals surface area contributed by atoms with Gasteiger partial charge in [0.1, 0.15) is 0 Å². The number of benzene rings is 1. The number of rotatable bonds is 8. The van der Waals surface area contributed by atoms with Crippen molar-refractivity contribution in [3.63, 3.8) is 0 Å². The molecule has 12 heteroatoms. The van der Waals surface area contributed by atoms with Crippen LogP contribution in [0, 0.1) is 12.3 Å². The molecule has 0 bridgehead atoms. The second-order valence-electron chi connectivity index (χ2n) is 11.0. The van der Waals surface area contributed by atoms with Crippen molar-refractivity contribution in [3.05, 3.63) is 35.5 Å². The maximum atomic E-state index is 13.6. The first kappa shape index (κ1) is 26.9. The average molecular weight is 552 g/mol. The van der Waals surface area contributed by atoms with Crippen molar-refractivity contribution in [2.45, 2.75) is 70.3 Å². The Morgan fingerprint density at radius 3 is 2.42 bits per heavy atom. The highest BCUT2D eigenvalue weighted by Gasteiger charge is 2.44. The number of aromatic nitrogens is 2. The van der Waals surface area contributed by atoms with E-state index in [-0.39, 0.29) is 24.8 Å². The average Bonchev–Trinajstić information content (AvgIpc) is 3.51. The quantitative estimate of drug-likeness (QED) is 0.450. The second-order valence-corrected chi connectivity index (χ2v) is 12.9. The monoisotopic (exact) mass is 551 g/mol. The Balaban J connectivity index is 1.36. The van der Waals surface area contributed by atoms with E-state index in [1.165, 1.54) is 18.9 Å². The van der Waals surface area contributed by atoms with Crippen LogP contribution in [0.2, 0.25) is 0 Å². The minimum absolute atomic E-state index is 0.134. The van der Waals surface area contributed by atoms with E-state index in [0.29, 0.717) is 41.0 Å². The number of anilines is 3. The second kappa shape index (κ2) is 10.1. The van der Waals surface area contributed by atoms with Crippen LogP contribution in [0.25, 0.3) is 0 Å². The number of aryl methyl sites for hydroxylation is 1. The number of carbonyl (C=O) groups is 1. The highest BCUT2D eigenvalue weighted by molar-refractivity contribution is 7.92. The molecule has 0 unspecified atom stereocenters. The summed E-state index contributed by atoms with van der Waals surface area (Å²) in [7, 11) is -3.72. The maximum Gasteiger partial charge on any atom is 0.258 e. The van der Waals surface area contributed by atoms with Crippen LogP contribution in [0.3, 0.4) is 0 Å². The Morgan fingerprint density at radius 1 is 1.11 bits per heavy atom. The Kier molecular flexibility index (Phi) is 7.14. The summed E-state index contributed by atoms with van der Waals surface area (Å²) in [5.41, 5.74) is 2.56. The third-order valence-electron chi connectivity index (χ3n) is 8.19. The van der Waals surface area contributed by atoms with Gasteiger partial charge < -0.3 is 15.3 Å². The summed E-state index contributed by atoms with van der Waals surface area (Å²) >= 11 is 0. The number of hydrogen-bond acceptors (Lipinski definition) is 6. The van der Waals surface area contributed by atoms with Crippen LogP contribution in [-0.2, 0) is 10.0 Å². The fourth-order valence-electron chi connectivity index (χ4n) is 5.67. The number of amides is 1. The minimum atomic E-state index is -3.72. The molecular weight excluding hydrogens is 516 g/mol. The Bertz CT molecular complexity index is 1290. The summed E-state index contributed by atoms with van der Waals surface area (Å²) in [6.07, 6.45) is 4.83. The molecule has 3 fully saturated rings. The van der Waals surface area contributed by atoms with Gasteiger partial charge in [0, 0.05) is 37.7 Å². The van der Waals surface area contributed by atoms with Crippen LogP contribution < -0.4 is 14.9 Å². The molecule has 2 heterocycles. The molecule has 1 aliphatic heterocycles. The van der Waals surface area contributed by atoms with Crippen LogP contribution in [0.1, 0.15) is 73.5 Å². The molecule has 0 atom stereocenters. The predicted molar refractivity (Wildman–Crippen MR) is 141 cm³/mol. The molecule has 2 aliphatic carbocycles. The molecule has 9 nitrogen and oxygen atoms in total. The van der Waals surface area contributed by atoms with Gasteiger partial charge >= 0.3 is 0 Å². The highest BCUT2D eigenvalue weighted by Crippen LogP contribution is 2.54.